The van der Waals surface area contributed by atoms with Crippen LogP contribution < -0.4 is 5.32 Å². The maximum atomic E-state index is 14.3. The van der Waals surface area contributed by atoms with E-state index in [1.165, 1.54) is 12.1 Å². The number of rotatable bonds is 5. The van der Waals surface area contributed by atoms with Gasteiger partial charge in [0.2, 0.25) is 0 Å². The van der Waals surface area contributed by atoms with E-state index in [-0.39, 0.29) is 10.0 Å². The summed E-state index contributed by atoms with van der Waals surface area (Å²) in [6.45, 7) is 2.60. The van der Waals surface area contributed by atoms with Crippen molar-refractivity contribution in [2.75, 3.05) is 6.54 Å². The Morgan fingerprint density at radius 3 is 2.55 bits per heavy atom. The lowest BCUT2D eigenvalue weighted by Crippen LogP contribution is -2.25. The highest BCUT2D eigenvalue weighted by Gasteiger charge is 2.25. The molecule has 108 valence electrons. The fourth-order valence-electron chi connectivity index (χ4n) is 1.92. The van der Waals surface area contributed by atoms with Gasteiger partial charge in [-0.25, -0.2) is 8.78 Å². The number of halogens is 4. The van der Waals surface area contributed by atoms with Crippen LogP contribution in [-0.2, 0) is 0 Å². The number of furan rings is 1. The van der Waals surface area contributed by atoms with Gasteiger partial charge in [0.1, 0.15) is 17.4 Å². The van der Waals surface area contributed by atoms with E-state index in [1.807, 2.05) is 6.92 Å². The number of hydrogen-bond donors (Lipinski definition) is 1. The molecule has 1 heterocycles. The van der Waals surface area contributed by atoms with Gasteiger partial charge in [0.05, 0.1) is 10.5 Å². The van der Waals surface area contributed by atoms with E-state index < -0.39 is 17.7 Å². The predicted octanol–water partition coefficient (Wildman–Crippen LogP) is 5.17. The van der Waals surface area contributed by atoms with Gasteiger partial charge >= 0.3 is 0 Å². The van der Waals surface area contributed by atoms with Crippen molar-refractivity contribution >= 4 is 31.9 Å². The van der Waals surface area contributed by atoms with Crippen LogP contribution in [0.15, 0.2) is 37.8 Å². The van der Waals surface area contributed by atoms with Crippen LogP contribution in [-0.4, -0.2) is 6.54 Å². The molecule has 0 aliphatic rings. The van der Waals surface area contributed by atoms with Crippen LogP contribution >= 0.6 is 31.9 Å². The zero-order valence-corrected chi connectivity index (χ0v) is 13.9. The summed E-state index contributed by atoms with van der Waals surface area (Å²) >= 11 is 6.29. The molecule has 6 heteroatoms. The summed E-state index contributed by atoms with van der Waals surface area (Å²) in [5.74, 6) is -0.765. The summed E-state index contributed by atoms with van der Waals surface area (Å²) in [6, 6.07) is 5.31. The quantitative estimate of drug-likeness (QED) is 0.690. The molecular formula is C14H13Br2F2NO. The monoisotopic (exact) mass is 407 g/mol. The Balaban J connectivity index is 2.49. The Morgan fingerprint density at radius 2 is 1.95 bits per heavy atom. The summed E-state index contributed by atoms with van der Waals surface area (Å²) in [5, 5.41) is 3.11. The van der Waals surface area contributed by atoms with E-state index in [4.69, 9.17) is 4.42 Å². The van der Waals surface area contributed by atoms with Crippen molar-refractivity contribution in [1.82, 2.24) is 5.32 Å². The fourth-order valence-corrected chi connectivity index (χ4v) is 2.59. The van der Waals surface area contributed by atoms with E-state index in [9.17, 15) is 8.78 Å². The molecule has 0 bridgehead atoms. The lowest BCUT2D eigenvalue weighted by Gasteiger charge is -2.18. The molecular weight excluding hydrogens is 396 g/mol. The van der Waals surface area contributed by atoms with Gasteiger partial charge in [0, 0.05) is 5.56 Å². The Morgan fingerprint density at radius 1 is 1.20 bits per heavy atom. The molecule has 2 nitrogen and oxygen atoms in total. The first kappa shape index (κ1) is 15.7. The maximum absolute atomic E-state index is 14.3. The highest BCUT2D eigenvalue weighted by atomic mass is 79.9. The van der Waals surface area contributed by atoms with Crippen molar-refractivity contribution in [3.63, 3.8) is 0 Å². The third-order valence-corrected chi connectivity index (χ3v) is 3.88. The molecule has 0 saturated carbocycles. The molecule has 0 amide bonds. The van der Waals surface area contributed by atoms with E-state index >= 15 is 0 Å². The second-order valence-electron chi connectivity index (χ2n) is 4.29. The molecule has 0 fully saturated rings. The van der Waals surface area contributed by atoms with Crippen molar-refractivity contribution in [2.24, 2.45) is 0 Å². The first-order valence-corrected chi connectivity index (χ1v) is 7.75. The number of benzene rings is 1. The molecule has 0 radical (unpaired) electrons. The molecule has 2 rings (SSSR count). The minimum Gasteiger partial charge on any atom is -0.452 e. The highest BCUT2D eigenvalue weighted by molar-refractivity contribution is 9.10. The average molecular weight is 409 g/mol. The van der Waals surface area contributed by atoms with Gasteiger partial charge in [-0.05, 0) is 69.1 Å². The molecule has 1 aromatic heterocycles. The molecule has 1 aromatic carbocycles. The molecule has 1 atom stereocenters. The van der Waals surface area contributed by atoms with E-state index in [0.717, 1.165) is 6.42 Å². The van der Waals surface area contributed by atoms with Crippen molar-refractivity contribution in [3.05, 3.63) is 56.4 Å². The average Bonchev–Trinajstić information content (AvgIpc) is 2.84. The zero-order chi connectivity index (χ0) is 14.7. The fraction of sp³-hybridized carbons (Fsp3) is 0.286. The number of nitrogens with one attached hydrogen (secondary N) is 1. The van der Waals surface area contributed by atoms with Crippen LogP contribution in [0.25, 0.3) is 0 Å². The topological polar surface area (TPSA) is 25.2 Å². The van der Waals surface area contributed by atoms with E-state index in [1.54, 1.807) is 12.1 Å². The van der Waals surface area contributed by atoms with Crippen LogP contribution in [0.1, 0.15) is 30.7 Å². The van der Waals surface area contributed by atoms with Crippen LogP contribution in [0.3, 0.4) is 0 Å². The zero-order valence-electron chi connectivity index (χ0n) is 10.7. The Labute approximate surface area is 132 Å². The molecule has 20 heavy (non-hydrogen) atoms. The summed E-state index contributed by atoms with van der Waals surface area (Å²) in [4.78, 5) is 0. The summed E-state index contributed by atoms with van der Waals surface area (Å²) in [6.07, 6.45) is 0.843. The SMILES string of the molecule is CCCNC(c1ccc(Br)o1)c1c(F)ccc(Br)c1F. The Kier molecular flexibility index (Phi) is 5.35. The molecule has 0 saturated heterocycles. The van der Waals surface area contributed by atoms with Crippen LogP contribution in [0.2, 0.25) is 0 Å². The molecule has 1 unspecified atom stereocenters. The van der Waals surface area contributed by atoms with E-state index in [2.05, 4.69) is 37.2 Å². The third kappa shape index (κ3) is 3.30. The molecule has 0 spiro atoms. The van der Waals surface area contributed by atoms with Gasteiger partial charge in [-0.15, -0.1) is 0 Å². The summed E-state index contributed by atoms with van der Waals surface area (Å²) < 4.78 is 34.5. The Hall–Kier alpha value is -0.720. The molecule has 0 aliphatic carbocycles. The second kappa shape index (κ2) is 6.83. The van der Waals surface area contributed by atoms with Gasteiger partial charge in [0.25, 0.3) is 0 Å². The molecule has 1 N–H and O–H groups in total. The van der Waals surface area contributed by atoms with Gasteiger partial charge in [-0.2, -0.15) is 0 Å². The lowest BCUT2D eigenvalue weighted by atomic mass is 10.0. The third-order valence-electron chi connectivity index (χ3n) is 2.85. The van der Waals surface area contributed by atoms with Crippen LogP contribution in [0, 0.1) is 11.6 Å². The largest absolute Gasteiger partial charge is 0.452 e. The van der Waals surface area contributed by atoms with Gasteiger partial charge < -0.3 is 9.73 Å². The standard InChI is InChI=1S/C14H13Br2F2NO/c1-2-7-19-14(10-5-6-11(16)20-10)12-9(17)4-3-8(15)13(12)18/h3-6,14,19H,2,7H2,1H3. The van der Waals surface area contributed by atoms with Crippen molar-refractivity contribution in [3.8, 4) is 0 Å². The molecule has 2 aromatic rings. The van der Waals surface area contributed by atoms with Crippen molar-refractivity contribution in [1.29, 1.82) is 0 Å². The Bertz CT molecular complexity index is 601. The van der Waals surface area contributed by atoms with Crippen molar-refractivity contribution in [2.45, 2.75) is 19.4 Å². The second-order valence-corrected chi connectivity index (χ2v) is 5.92. The first-order chi connectivity index (χ1) is 9.54. The van der Waals surface area contributed by atoms with Crippen LogP contribution in [0.5, 0.6) is 0 Å². The normalized spacial score (nSPS) is 12.7. The van der Waals surface area contributed by atoms with Gasteiger partial charge in [-0.3, -0.25) is 0 Å². The van der Waals surface area contributed by atoms with Crippen LogP contribution in [0.4, 0.5) is 8.78 Å². The minimum absolute atomic E-state index is 0.0466. The molecule has 0 aliphatic heterocycles. The smallest absolute Gasteiger partial charge is 0.169 e. The maximum Gasteiger partial charge on any atom is 0.169 e. The van der Waals surface area contributed by atoms with Gasteiger partial charge in [-0.1, -0.05) is 6.92 Å². The van der Waals surface area contributed by atoms with Crippen molar-refractivity contribution < 1.29 is 13.2 Å². The minimum atomic E-state index is -0.668. The van der Waals surface area contributed by atoms with Gasteiger partial charge in [0.15, 0.2) is 4.67 Å². The first-order valence-electron chi connectivity index (χ1n) is 6.16. The lowest BCUT2D eigenvalue weighted by molar-refractivity contribution is 0.412. The highest BCUT2D eigenvalue weighted by Crippen LogP contribution is 2.32. The van der Waals surface area contributed by atoms with E-state index in [0.29, 0.717) is 17.0 Å². The summed E-state index contributed by atoms with van der Waals surface area (Å²) in [5.41, 5.74) is -0.0466. The summed E-state index contributed by atoms with van der Waals surface area (Å²) in [7, 11) is 0. The number of hydrogen-bond acceptors (Lipinski definition) is 2. The predicted molar refractivity (Wildman–Crippen MR) is 80.6 cm³/mol.